The van der Waals surface area contributed by atoms with Crippen molar-refractivity contribution in [3.63, 3.8) is 0 Å². The Morgan fingerprint density at radius 2 is 1.94 bits per heavy atom. The maximum atomic E-state index is 11.6. The van der Waals surface area contributed by atoms with Crippen molar-refractivity contribution in [3.8, 4) is 5.69 Å². The molecule has 0 bridgehead atoms. The van der Waals surface area contributed by atoms with E-state index in [1.54, 1.807) is 18.2 Å². The van der Waals surface area contributed by atoms with E-state index in [1.165, 1.54) is 16.9 Å². The third-order valence-corrected chi connectivity index (χ3v) is 2.71. The molecular weight excluding hydrogens is 249 g/mol. The zero-order valence-electron chi connectivity index (χ0n) is 8.02. The molecule has 0 saturated heterocycles. The molecule has 0 aliphatic heterocycles. The Hall–Kier alpha value is -1.52. The van der Waals surface area contributed by atoms with E-state index < -0.39 is 0 Å². The second-order valence-electron chi connectivity index (χ2n) is 3.14. The van der Waals surface area contributed by atoms with E-state index in [0.29, 0.717) is 21.4 Å². The Balaban J connectivity index is 2.59. The Kier molecular flexibility index (Phi) is 2.85. The number of aromatic nitrogens is 2. The summed E-state index contributed by atoms with van der Waals surface area (Å²) in [5, 5.41) is 4.69. The molecule has 6 heteroatoms. The normalized spacial score (nSPS) is 10.4. The summed E-state index contributed by atoms with van der Waals surface area (Å²) in [5.74, 6) is 0. The first-order chi connectivity index (χ1) is 7.58. The molecule has 0 spiro atoms. The Morgan fingerprint density at radius 3 is 2.56 bits per heavy atom. The maximum Gasteiger partial charge on any atom is 0.273 e. The number of anilines is 1. The molecule has 0 unspecified atom stereocenters. The van der Waals surface area contributed by atoms with Crippen molar-refractivity contribution < 1.29 is 0 Å². The minimum absolute atomic E-state index is 0.321. The number of nitrogens with two attached hydrogens (primary N) is 1. The summed E-state index contributed by atoms with van der Waals surface area (Å²) in [7, 11) is 0. The number of hydrogen-bond donors (Lipinski definition) is 1. The van der Waals surface area contributed by atoms with Crippen LogP contribution in [0.25, 0.3) is 5.69 Å². The number of nitrogens with zero attached hydrogens (tertiary/aromatic N) is 2. The predicted octanol–water partition coefficient (Wildman–Crippen LogP) is 2.12. The standard InChI is InChI=1S/C10H7Cl2N3O/c11-8-2-1-7(4-9(8)12)15-10(16)3-6(13)5-14-15/h1-5H,13H2. The van der Waals surface area contributed by atoms with Gasteiger partial charge in [0.25, 0.3) is 5.56 Å². The Labute approximate surface area is 101 Å². The van der Waals surface area contributed by atoms with Crippen molar-refractivity contribution in [2.75, 3.05) is 5.73 Å². The number of halogens is 2. The Morgan fingerprint density at radius 1 is 1.19 bits per heavy atom. The smallest absolute Gasteiger partial charge is 0.273 e. The van der Waals surface area contributed by atoms with Crippen LogP contribution in [0.4, 0.5) is 5.69 Å². The van der Waals surface area contributed by atoms with Gasteiger partial charge < -0.3 is 5.73 Å². The molecular formula is C10H7Cl2N3O. The fourth-order valence-electron chi connectivity index (χ4n) is 1.23. The lowest BCUT2D eigenvalue weighted by atomic mass is 10.3. The van der Waals surface area contributed by atoms with Gasteiger partial charge in [-0.15, -0.1) is 0 Å². The first kappa shape index (κ1) is 11.0. The summed E-state index contributed by atoms with van der Waals surface area (Å²) in [6.45, 7) is 0. The molecule has 1 aromatic heterocycles. The van der Waals surface area contributed by atoms with Gasteiger partial charge in [-0.05, 0) is 18.2 Å². The van der Waals surface area contributed by atoms with E-state index >= 15 is 0 Å². The quantitative estimate of drug-likeness (QED) is 0.850. The predicted molar refractivity (Wildman–Crippen MR) is 64.3 cm³/mol. The molecule has 0 radical (unpaired) electrons. The van der Waals surface area contributed by atoms with Crippen molar-refractivity contribution in [1.29, 1.82) is 0 Å². The molecule has 0 aliphatic carbocycles. The molecule has 0 amide bonds. The van der Waals surface area contributed by atoms with Crippen LogP contribution < -0.4 is 11.3 Å². The molecule has 1 aromatic carbocycles. The molecule has 2 rings (SSSR count). The minimum Gasteiger partial charge on any atom is -0.397 e. The summed E-state index contributed by atoms with van der Waals surface area (Å²) in [6, 6.07) is 6.10. The molecule has 82 valence electrons. The lowest BCUT2D eigenvalue weighted by Gasteiger charge is -2.05. The number of rotatable bonds is 1. The zero-order valence-corrected chi connectivity index (χ0v) is 9.53. The molecule has 0 saturated carbocycles. The van der Waals surface area contributed by atoms with Crippen LogP contribution in [0.15, 0.2) is 35.3 Å². The largest absolute Gasteiger partial charge is 0.397 e. The summed E-state index contributed by atoms with van der Waals surface area (Å²) < 4.78 is 1.19. The summed E-state index contributed by atoms with van der Waals surface area (Å²) in [6.07, 6.45) is 1.39. The third-order valence-electron chi connectivity index (χ3n) is 1.97. The van der Waals surface area contributed by atoms with Gasteiger partial charge in [0.05, 0.1) is 27.6 Å². The molecule has 1 heterocycles. The number of nitrogen functional groups attached to an aromatic ring is 1. The fourth-order valence-corrected chi connectivity index (χ4v) is 1.53. The van der Waals surface area contributed by atoms with Crippen molar-refractivity contribution in [3.05, 3.63) is 50.9 Å². The van der Waals surface area contributed by atoms with Gasteiger partial charge in [0.1, 0.15) is 0 Å². The first-order valence-corrected chi connectivity index (χ1v) is 5.14. The van der Waals surface area contributed by atoms with Crippen LogP contribution in [-0.2, 0) is 0 Å². The molecule has 0 aliphatic rings. The highest BCUT2D eigenvalue weighted by Gasteiger charge is 2.04. The molecule has 2 N–H and O–H groups in total. The van der Waals surface area contributed by atoms with Crippen molar-refractivity contribution in [2.45, 2.75) is 0 Å². The van der Waals surface area contributed by atoms with Crippen LogP contribution in [0.5, 0.6) is 0 Å². The van der Waals surface area contributed by atoms with Crippen LogP contribution in [0, 0.1) is 0 Å². The fraction of sp³-hybridized carbons (Fsp3) is 0. The van der Waals surface area contributed by atoms with Crippen LogP contribution in [-0.4, -0.2) is 9.78 Å². The van der Waals surface area contributed by atoms with Gasteiger partial charge in [0, 0.05) is 6.07 Å². The second kappa shape index (κ2) is 4.15. The topological polar surface area (TPSA) is 60.9 Å². The van der Waals surface area contributed by atoms with E-state index in [0.717, 1.165) is 0 Å². The first-order valence-electron chi connectivity index (χ1n) is 4.38. The second-order valence-corrected chi connectivity index (χ2v) is 3.95. The van der Waals surface area contributed by atoms with E-state index in [-0.39, 0.29) is 5.56 Å². The highest BCUT2D eigenvalue weighted by atomic mass is 35.5. The third kappa shape index (κ3) is 2.03. The number of benzene rings is 1. The molecule has 4 nitrogen and oxygen atoms in total. The SMILES string of the molecule is Nc1cnn(-c2ccc(Cl)c(Cl)c2)c(=O)c1. The highest BCUT2D eigenvalue weighted by Crippen LogP contribution is 2.23. The average molecular weight is 256 g/mol. The summed E-state index contributed by atoms with van der Waals surface area (Å²) >= 11 is 11.6. The van der Waals surface area contributed by atoms with Crippen LogP contribution in [0.1, 0.15) is 0 Å². The van der Waals surface area contributed by atoms with E-state index in [4.69, 9.17) is 28.9 Å². The van der Waals surface area contributed by atoms with Gasteiger partial charge in [-0.25, -0.2) is 0 Å². The van der Waals surface area contributed by atoms with Crippen LogP contribution in [0.3, 0.4) is 0 Å². The average Bonchev–Trinajstić information content (AvgIpc) is 2.22. The van der Waals surface area contributed by atoms with Gasteiger partial charge in [-0.1, -0.05) is 23.2 Å². The van der Waals surface area contributed by atoms with Crippen molar-refractivity contribution in [1.82, 2.24) is 9.78 Å². The lowest BCUT2D eigenvalue weighted by molar-refractivity contribution is 0.809. The summed E-state index contributed by atoms with van der Waals surface area (Å²) in [5.41, 5.74) is 5.98. The Bertz CT molecular complexity index is 595. The number of hydrogen-bond acceptors (Lipinski definition) is 3. The van der Waals surface area contributed by atoms with Crippen LogP contribution in [0.2, 0.25) is 10.0 Å². The minimum atomic E-state index is -0.321. The van der Waals surface area contributed by atoms with Crippen molar-refractivity contribution >= 4 is 28.9 Å². The lowest BCUT2D eigenvalue weighted by Crippen LogP contribution is -2.20. The van der Waals surface area contributed by atoms with Gasteiger partial charge in [0.2, 0.25) is 0 Å². The maximum absolute atomic E-state index is 11.6. The van der Waals surface area contributed by atoms with Gasteiger partial charge in [-0.2, -0.15) is 9.78 Å². The van der Waals surface area contributed by atoms with Gasteiger partial charge in [-0.3, -0.25) is 4.79 Å². The van der Waals surface area contributed by atoms with E-state index in [9.17, 15) is 4.79 Å². The van der Waals surface area contributed by atoms with Crippen LogP contribution >= 0.6 is 23.2 Å². The van der Waals surface area contributed by atoms with Gasteiger partial charge >= 0.3 is 0 Å². The summed E-state index contributed by atoms with van der Waals surface area (Å²) in [4.78, 5) is 11.6. The van der Waals surface area contributed by atoms with Gasteiger partial charge in [0.15, 0.2) is 0 Å². The zero-order chi connectivity index (χ0) is 11.7. The molecule has 2 aromatic rings. The molecule has 0 fully saturated rings. The van der Waals surface area contributed by atoms with E-state index in [2.05, 4.69) is 5.10 Å². The van der Waals surface area contributed by atoms with E-state index in [1.807, 2.05) is 0 Å². The monoisotopic (exact) mass is 255 g/mol. The molecule has 16 heavy (non-hydrogen) atoms. The van der Waals surface area contributed by atoms with Crippen molar-refractivity contribution in [2.24, 2.45) is 0 Å². The highest BCUT2D eigenvalue weighted by molar-refractivity contribution is 6.42. The molecule has 0 atom stereocenters.